The van der Waals surface area contributed by atoms with Gasteiger partial charge in [0.15, 0.2) is 5.78 Å². The molecule has 0 saturated carbocycles. The van der Waals surface area contributed by atoms with Gasteiger partial charge in [0, 0.05) is 6.42 Å². The number of carbonyl (C=O) groups excluding carboxylic acids is 1. The fraction of sp³-hybridized carbons (Fsp3) is 0.267. The predicted molar refractivity (Wildman–Crippen MR) is 75.6 cm³/mol. The molecule has 1 aliphatic carbocycles. The second-order valence-electron chi connectivity index (χ2n) is 3.92. The van der Waals surface area contributed by atoms with Crippen molar-refractivity contribution in [1.29, 1.82) is 0 Å². The molecular weight excluding hydrogens is 248 g/mol. The number of halogens is 1. The normalized spacial score (nSPS) is 14.9. The largest absolute Gasteiger partial charge is 0.493 e. The Labute approximate surface area is 113 Å². The van der Waals surface area contributed by atoms with Crippen LogP contribution in [-0.4, -0.2) is 18.3 Å². The molecule has 0 N–H and O–H groups in total. The zero-order valence-corrected chi connectivity index (χ0v) is 11.1. The first kappa shape index (κ1) is 14.5. The fourth-order valence-corrected chi connectivity index (χ4v) is 1.67. The second-order valence-corrected chi connectivity index (χ2v) is 4.19. The first-order chi connectivity index (χ1) is 8.67. The minimum atomic E-state index is -0.00899. The topological polar surface area (TPSA) is 26.3 Å². The number of rotatable bonds is 7. The maximum Gasteiger partial charge on any atom is 0.173 e. The summed E-state index contributed by atoms with van der Waals surface area (Å²) in [7, 11) is 0. The molecule has 0 aromatic heterocycles. The molecule has 0 saturated heterocycles. The van der Waals surface area contributed by atoms with Crippen LogP contribution < -0.4 is 0 Å². The molecule has 0 aliphatic heterocycles. The highest BCUT2D eigenvalue weighted by Crippen LogP contribution is 2.20. The lowest BCUT2D eigenvalue weighted by molar-refractivity contribution is -0.113. The summed E-state index contributed by atoms with van der Waals surface area (Å²) in [4.78, 5) is 11.4. The third-order valence-corrected chi connectivity index (χ3v) is 2.74. The van der Waals surface area contributed by atoms with Gasteiger partial charge in [-0.15, -0.1) is 11.6 Å². The zero-order valence-electron chi connectivity index (χ0n) is 10.3. The maximum absolute atomic E-state index is 11.4. The number of ketones is 1. The van der Waals surface area contributed by atoms with Crippen LogP contribution in [0.3, 0.4) is 0 Å². The summed E-state index contributed by atoms with van der Waals surface area (Å²) in [6.07, 6.45) is 10.4. The lowest BCUT2D eigenvalue weighted by atomic mass is 10.0. The van der Waals surface area contributed by atoms with E-state index in [2.05, 4.69) is 13.2 Å². The van der Waals surface area contributed by atoms with Gasteiger partial charge in [-0.1, -0.05) is 37.5 Å². The number of alkyl halides is 1. The van der Waals surface area contributed by atoms with Gasteiger partial charge in [-0.2, -0.15) is 0 Å². The molecule has 0 amide bonds. The smallest absolute Gasteiger partial charge is 0.173 e. The quantitative estimate of drug-likeness (QED) is 0.518. The SMILES string of the molecule is C=C/C=C\C(=C)COC1=CC=C(C(=O)CCl)CC1. The van der Waals surface area contributed by atoms with Crippen molar-refractivity contribution >= 4 is 17.4 Å². The molecule has 0 heterocycles. The van der Waals surface area contributed by atoms with Crippen LogP contribution in [0.15, 0.2) is 60.4 Å². The van der Waals surface area contributed by atoms with Crippen LogP contribution in [0.5, 0.6) is 0 Å². The van der Waals surface area contributed by atoms with E-state index in [-0.39, 0.29) is 11.7 Å². The standard InChI is InChI=1S/C15H17ClO2/c1-3-4-5-12(2)11-18-14-8-6-13(7-9-14)15(17)10-16/h3-6,8H,1-2,7,9-11H2/b5-4-. The van der Waals surface area contributed by atoms with Crippen LogP contribution in [-0.2, 0) is 9.53 Å². The number of hydrogen-bond donors (Lipinski definition) is 0. The highest BCUT2D eigenvalue weighted by Gasteiger charge is 2.13. The summed E-state index contributed by atoms with van der Waals surface area (Å²) in [5, 5.41) is 0. The Hall–Kier alpha value is -1.54. The Bertz CT molecular complexity index is 428. The highest BCUT2D eigenvalue weighted by atomic mass is 35.5. The van der Waals surface area contributed by atoms with Gasteiger partial charge in [-0.25, -0.2) is 0 Å². The number of ether oxygens (including phenoxy) is 1. The highest BCUT2D eigenvalue weighted by molar-refractivity contribution is 6.30. The Morgan fingerprint density at radius 3 is 2.78 bits per heavy atom. The van der Waals surface area contributed by atoms with Crippen LogP contribution in [0.4, 0.5) is 0 Å². The zero-order chi connectivity index (χ0) is 13.4. The van der Waals surface area contributed by atoms with E-state index in [0.717, 1.165) is 23.3 Å². The van der Waals surface area contributed by atoms with E-state index in [1.807, 2.05) is 18.2 Å². The van der Waals surface area contributed by atoms with E-state index >= 15 is 0 Å². The molecule has 3 heteroatoms. The predicted octanol–water partition coefficient (Wildman–Crippen LogP) is 3.71. The average Bonchev–Trinajstić information content (AvgIpc) is 2.42. The number of Topliss-reactive ketones (excluding diaryl/α,β-unsaturated/α-hetero) is 1. The maximum atomic E-state index is 11.4. The van der Waals surface area contributed by atoms with E-state index in [4.69, 9.17) is 16.3 Å². The van der Waals surface area contributed by atoms with E-state index in [1.165, 1.54) is 0 Å². The third kappa shape index (κ3) is 4.76. The Balaban J connectivity index is 2.46. The van der Waals surface area contributed by atoms with Crippen LogP contribution in [0.25, 0.3) is 0 Å². The fourth-order valence-electron chi connectivity index (χ4n) is 1.49. The molecule has 18 heavy (non-hydrogen) atoms. The van der Waals surface area contributed by atoms with Crippen molar-refractivity contribution in [1.82, 2.24) is 0 Å². The second kappa shape index (κ2) is 7.72. The number of allylic oxidation sites excluding steroid dienone is 6. The molecule has 2 nitrogen and oxygen atoms in total. The van der Waals surface area contributed by atoms with E-state index in [9.17, 15) is 4.79 Å². The molecule has 0 aromatic carbocycles. The lowest BCUT2D eigenvalue weighted by Crippen LogP contribution is -2.08. The van der Waals surface area contributed by atoms with Crippen LogP contribution in [0, 0.1) is 0 Å². The minimum Gasteiger partial charge on any atom is -0.493 e. The van der Waals surface area contributed by atoms with Crippen molar-refractivity contribution in [2.24, 2.45) is 0 Å². The van der Waals surface area contributed by atoms with Crippen molar-refractivity contribution in [2.45, 2.75) is 12.8 Å². The molecule has 0 spiro atoms. The molecule has 96 valence electrons. The molecule has 0 aromatic rings. The molecule has 0 radical (unpaired) electrons. The number of hydrogen-bond acceptors (Lipinski definition) is 2. The Morgan fingerprint density at radius 2 is 2.22 bits per heavy atom. The van der Waals surface area contributed by atoms with Gasteiger partial charge in [0.1, 0.15) is 6.61 Å². The molecule has 0 bridgehead atoms. The summed E-state index contributed by atoms with van der Waals surface area (Å²) in [6, 6.07) is 0. The van der Waals surface area contributed by atoms with Gasteiger partial charge in [0.25, 0.3) is 0 Å². The van der Waals surface area contributed by atoms with Gasteiger partial charge >= 0.3 is 0 Å². The van der Waals surface area contributed by atoms with Gasteiger partial charge < -0.3 is 4.74 Å². The van der Waals surface area contributed by atoms with Gasteiger partial charge in [-0.3, -0.25) is 4.79 Å². The molecule has 0 fully saturated rings. The summed E-state index contributed by atoms with van der Waals surface area (Å²) in [5.74, 6) is 0.901. The molecular formula is C15H17ClO2. The third-order valence-electron chi connectivity index (χ3n) is 2.50. The van der Waals surface area contributed by atoms with Crippen molar-refractivity contribution < 1.29 is 9.53 Å². The van der Waals surface area contributed by atoms with E-state index < -0.39 is 0 Å². The summed E-state index contributed by atoms with van der Waals surface area (Å²) >= 11 is 5.50. The first-order valence-electron chi connectivity index (χ1n) is 5.76. The van der Waals surface area contributed by atoms with Gasteiger partial charge in [-0.05, 0) is 23.6 Å². The number of carbonyl (C=O) groups is 1. The van der Waals surface area contributed by atoms with Crippen LogP contribution in [0.1, 0.15) is 12.8 Å². The summed E-state index contributed by atoms with van der Waals surface area (Å²) in [5.41, 5.74) is 1.64. The van der Waals surface area contributed by atoms with Crippen molar-refractivity contribution in [3.8, 4) is 0 Å². The van der Waals surface area contributed by atoms with Crippen LogP contribution in [0.2, 0.25) is 0 Å². The Kier molecular flexibility index (Phi) is 6.23. The first-order valence-corrected chi connectivity index (χ1v) is 6.29. The molecule has 1 aliphatic rings. The van der Waals surface area contributed by atoms with Gasteiger partial charge in [0.2, 0.25) is 0 Å². The van der Waals surface area contributed by atoms with Crippen molar-refractivity contribution in [3.63, 3.8) is 0 Å². The van der Waals surface area contributed by atoms with Crippen molar-refractivity contribution in [3.05, 3.63) is 60.4 Å². The molecule has 1 rings (SSSR count). The van der Waals surface area contributed by atoms with E-state index in [1.54, 1.807) is 12.2 Å². The molecule has 0 atom stereocenters. The minimum absolute atomic E-state index is 0.00899. The summed E-state index contributed by atoms with van der Waals surface area (Å²) < 4.78 is 5.59. The lowest BCUT2D eigenvalue weighted by Gasteiger charge is -2.14. The van der Waals surface area contributed by atoms with Crippen LogP contribution >= 0.6 is 11.6 Å². The van der Waals surface area contributed by atoms with E-state index in [0.29, 0.717) is 13.0 Å². The average molecular weight is 265 g/mol. The molecule has 0 unspecified atom stereocenters. The Morgan fingerprint density at radius 1 is 1.44 bits per heavy atom. The van der Waals surface area contributed by atoms with Gasteiger partial charge in [0.05, 0.1) is 11.6 Å². The summed E-state index contributed by atoms with van der Waals surface area (Å²) in [6.45, 7) is 7.89. The monoisotopic (exact) mass is 264 g/mol. The van der Waals surface area contributed by atoms with Crippen molar-refractivity contribution in [2.75, 3.05) is 12.5 Å².